The van der Waals surface area contributed by atoms with Crippen molar-refractivity contribution in [3.63, 3.8) is 0 Å². The Morgan fingerprint density at radius 2 is 2.36 bits per heavy atom. The van der Waals surface area contributed by atoms with Crippen molar-refractivity contribution >= 4 is 5.91 Å². The molecule has 4 heteroatoms. The second-order valence-electron chi connectivity index (χ2n) is 2.24. The lowest BCUT2D eigenvalue weighted by atomic mass is 10.4. The molecule has 0 bridgehead atoms. The molecule has 0 aliphatic rings. The maximum atomic E-state index is 11.2. The highest BCUT2D eigenvalue weighted by molar-refractivity contribution is 5.91. The monoisotopic (exact) mass is 150 g/mol. The first-order valence-corrected chi connectivity index (χ1v) is 3.12. The van der Waals surface area contributed by atoms with Crippen molar-refractivity contribution in [3.05, 3.63) is 24.3 Å². The van der Waals surface area contributed by atoms with Crippen molar-refractivity contribution in [1.82, 2.24) is 14.9 Å². The molecule has 1 radical (unpaired) electrons. The molecule has 0 N–H and O–H groups in total. The van der Waals surface area contributed by atoms with Crippen LogP contribution in [0.5, 0.6) is 0 Å². The summed E-state index contributed by atoms with van der Waals surface area (Å²) >= 11 is 0. The first kappa shape index (κ1) is 7.65. The van der Waals surface area contributed by atoms with E-state index >= 15 is 0 Å². The molecule has 0 aromatic carbocycles. The molecule has 0 saturated heterocycles. The molecule has 0 saturated carbocycles. The van der Waals surface area contributed by atoms with Gasteiger partial charge in [0.25, 0.3) is 5.91 Å². The van der Waals surface area contributed by atoms with Crippen LogP contribution in [0.1, 0.15) is 10.5 Å². The third-order valence-corrected chi connectivity index (χ3v) is 1.16. The summed E-state index contributed by atoms with van der Waals surface area (Å²) in [5.41, 5.74) is 0.366. The van der Waals surface area contributed by atoms with Crippen LogP contribution in [0, 0.1) is 6.33 Å². The van der Waals surface area contributed by atoms with Crippen LogP contribution in [0.25, 0.3) is 0 Å². The lowest BCUT2D eigenvalue weighted by Crippen LogP contribution is -2.22. The summed E-state index contributed by atoms with van der Waals surface area (Å²) in [7, 11) is 3.34. The smallest absolute Gasteiger partial charge is 0.272 e. The number of carbonyl (C=O) groups excluding carboxylic acids is 1. The Morgan fingerprint density at radius 1 is 1.64 bits per heavy atom. The fourth-order valence-corrected chi connectivity index (χ4v) is 0.609. The number of nitrogens with zero attached hydrogens (tertiary/aromatic N) is 3. The normalized spacial score (nSPS) is 9.27. The highest BCUT2D eigenvalue weighted by Crippen LogP contribution is 1.93. The fraction of sp³-hybridized carbons (Fsp3) is 0.286. The third kappa shape index (κ3) is 1.73. The number of amides is 1. The van der Waals surface area contributed by atoms with Crippen LogP contribution in [0.3, 0.4) is 0 Å². The Balaban J connectivity index is 2.86. The largest absolute Gasteiger partial charge is 0.343 e. The lowest BCUT2D eigenvalue weighted by Gasteiger charge is -2.07. The van der Waals surface area contributed by atoms with E-state index in [2.05, 4.69) is 16.3 Å². The number of rotatable bonds is 1. The summed E-state index contributed by atoms with van der Waals surface area (Å²) in [6, 6.07) is 1.55. The topological polar surface area (TPSA) is 46.1 Å². The quantitative estimate of drug-likeness (QED) is 0.565. The minimum Gasteiger partial charge on any atom is -0.343 e. The molecule has 57 valence electrons. The van der Waals surface area contributed by atoms with Crippen LogP contribution in [0.15, 0.2) is 12.3 Å². The molecule has 0 aliphatic heterocycles. The zero-order valence-corrected chi connectivity index (χ0v) is 6.40. The maximum Gasteiger partial charge on any atom is 0.272 e. The van der Waals surface area contributed by atoms with Gasteiger partial charge in [-0.1, -0.05) is 0 Å². The van der Waals surface area contributed by atoms with Gasteiger partial charge in [-0.05, 0) is 6.07 Å². The highest BCUT2D eigenvalue weighted by atomic mass is 16.2. The van der Waals surface area contributed by atoms with Gasteiger partial charge in [0.05, 0.1) is 0 Å². The molecule has 0 spiro atoms. The van der Waals surface area contributed by atoms with Crippen molar-refractivity contribution in [3.8, 4) is 0 Å². The van der Waals surface area contributed by atoms with Crippen molar-refractivity contribution in [1.29, 1.82) is 0 Å². The number of hydrogen-bond acceptors (Lipinski definition) is 3. The second kappa shape index (κ2) is 3.09. The van der Waals surface area contributed by atoms with Gasteiger partial charge in [-0.25, -0.2) is 9.97 Å². The minimum atomic E-state index is -0.136. The molecule has 1 rings (SSSR count). The van der Waals surface area contributed by atoms with Crippen molar-refractivity contribution < 1.29 is 4.79 Å². The first-order valence-electron chi connectivity index (χ1n) is 3.12. The second-order valence-corrected chi connectivity index (χ2v) is 2.24. The van der Waals surface area contributed by atoms with E-state index < -0.39 is 0 Å². The number of aromatic nitrogens is 2. The van der Waals surface area contributed by atoms with Gasteiger partial charge in [-0.3, -0.25) is 4.79 Å². The Morgan fingerprint density at radius 3 is 2.82 bits per heavy atom. The molecule has 0 atom stereocenters. The van der Waals surface area contributed by atoms with E-state index in [9.17, 15) is 4.79 Å². The molecule has 0 fully saturated rings. The van der Waals surface area contributed by atoms with E-state index in [4.69, 9.17) is 0 Å². The summed E-state index contributed by atoms with van der Waals surface area (Å²) < 4.78 is 0. The van der Waals surface area contributed by atoms with E-state index in [0.29, 0.717) is 5.69 Å². The summed E-state index contributed by atoms with van der Waals surface area (Å²) in [6.45, 7) is 0. The molecule has 0 unspecified atom stereocenters. The van der Waals surface area contributed by atoms with Crippen molar-refractivity contribution in [2.45, 2.75) is 0 Å². The van der Waals surface area contributed by atoms with Crippen LogP contribution in [0.2, 0.25) is 0 Å². The predicted octanol–water partition coefficient (Wildman–Crippen LogP) is -0.0214. The van der Waals surface area contributed by atoms with Crippen molar-refractivity contribution in [2.75, 3.05) is 14.1 Å². The summed E-state index contributed by atoms with van der Waals surface area (Å²) in [4.78, 5) is 19.9. The average molecular weight is 150 g/mol. The van der Waals surface area contributed by atoms with Gasteiger partial charge in [-0.2, -0.15) is 0 Å². The Kier molecular flexibility index (Phi) is 2.15. The molecule has 1 heterocycles. The lowest BCUT2D eigenvalue weighted by molar-refractivity contribution is 0.0821. The summed E-state index contributed by atoms with van der Waals surface area (Å²) in [6.07, 6.45) is 3.84. The standard InChI is InChI=1S/C7H8N3O/c1-10(2)7(11)6-3-4-8-5-9-6/h3-4H,1-2H3. The predicted molar refractivity (Wildman–Crippen MR) is 38.9 cm³/mol. The minimum absolute atomic E-state index is 0.136. The molecule has 0 aliphatic carbocycles. The number of hydrogen-bond donors (Lipinski definition) is 0. The van der Waals surface area contributed by atoms with Crippen LogP contribution >= 0.6 is 0 Å². The fourth-order valence-electron chi connectivity index (χ4n) is 0.609. The first-order chi connectivity index (χ1) is 5.22. The van der Waals surface area contributed by atoms with Gasteiger partial charge in [0.2, 0.25) is 0 Å². The van der Waals surface area contributed by atoms with Crippen molar-refractivity contribution in [2.24, 2.45) is 0 Å². The number of carbonyl (C=O) groups is 1. The molecule has 11 heavy (non-hydrogen) atoms. The Bertz CT molecular complexity index is 245. The van der Waals surface area contributed by atoms with E-state index in [0.717, 1.165) is 0 Å². The van der Waals surface area contributed by atoms with Gasteiger partial charge >= 0.3 is 0 Å². The third-order valence-electron chi connectivity index (χ3n) is 1.16. The van der Waals surface area contributed by atoms with E-state index in [-0.39, 0.29) is 5.91 Å². The van der Waals surface area contributed by atoms with E-state index in [1.165, 1.54) is 11.1 Å². The van der Waals surface area contributed by atoms with Gasteiger partial charge in [0.1, 0.15) is 5.69 Å². The van der Waals surface area contributed by atoms with Gasteiger partial charge in [0, 0.05) is 20.3 Å². The average Bonchev–Trinajstić information content (AvgIpc) is 2.05. The van der Waals surface area contributed by atoms with Crippen LogP contribution < -0.4 is 0 Å². The van der Waals surface area contributed by atoms with Crippen LogP contribution in [0.4, 0.5) is 0 Å². The van der Waals surface area contributed by atoms with Gasteiger partial charge in [-0.15, -0.1) is 0 Å². The van der Waals surface area contributed by atoms with Gasteiger partial charge < -0.3 is 4.90 Å². The van der Waals surface area contributed by atoms with E-state index in [1.807, 2.05) is 0 Å². The zero-order chi connectivity index (χ0) is 8.27. The SMILES string of the molecule is CN(C)C(=O)c1ccn[c]n1. The molecule has 1 amide bonds. The molecule has 4 nitrogen and oxygen atoms in total. The maximum absolute atomic E-state index is 11.2. The Hall–Kier alpha value is -1.45. The summed E-state index contributed by atoms with van der Waals surface area (Å²) in [5, 5.41) is 0. The van der Waals surface area contributed by atoms with Crippen LogP contribution in [-0.2, 0) is 0 Å². The molecule has 1 aromatic rings. The van der Waals surface area contributed by atoms with Gasteiger partial charge in [0.15, 0.2) is 6.33 Å². The van der Waals surface area contributed by atoms with Crippen LogP contribution in [-0.4, -0.2) is 34.9 Å². The molecular weight excluding hydrogens is 142 g/mol. The zero-order valence-electron chi connectivity index (χ0n) is 6.40. The Labute approximate surface area is 64.9 Å². The molecular formula is C7H8N3O. The highest BCUT2D eigenvalue weighted by Gasteiger charge is 2.07. The van der Waals surface area contributed by atoms with E-state index in [1.54, 1.807) is 20.2 Å². The molecule has 1 aromatic heterocycles. The summed E-state index contributed by atoms with van der Waals surface area (Å²) in [5.74, 6) is -0.136.